The van der Waals surface area contributed by atoms with Crippen LogP contribution in [0.25, 0.3) is 0 Å². The molecule has 2 aromatic rings. The van der Waals surface area contributed by atoms with Gasteiger partial charge in [0.15, 0.2) is 0 Å². The summed E-state index contributed by atoms with van der Waals surface area (Å²) in [6, 6.07) is 10.3. The molecule has 100 valence electrons. The van der Waals surface area contributed by atoms with E-state index >= 15 is 0 Å². The van der Waals surface area contributed by atoms with Crippen molar-refractivity contribution in [3.05, 3.63) is 46.7 Å². The summed E-state index contributed by atoms with van der Waals surface area (Å²) in [4.78, 5) is 10.7. The van der Waals surface area contributed by atoms with Crippen LogP contribution in [0.4, 0.5) is 11.6 Å². The molecule has 0 saturated carbocycles. The van der Waals surface area contributed by atoms with Gasteiger partial charge in [-0.3, -0.25) is 0 Å². The molecule has 0 saturated heterocycles. The number of hydrogen-bond acceptors (Lipinski definition) is 4. The molecule has 0 radical (unpaired) electrons. The van der Waals surface area contributed by atoms with Crippen LogP contribution >= 0.6 is 15.9 Å². The monoisotopic (exact) mass is 320 g/mol. The van der Waals surface area contributed by atoms with Crippen molar-refractivity contribution in [1.29, 1.82) is 0 Å². The second-order valence-corrected chi connectivity index (χ2v) is 5.02. The Balaban J connectivity index is 2.19. The Morgan fingerprint density at radius 3 is 2.63 bits per heavy atom. The molecule has 0 bridgehead atoms. The number of nitrogens with one attached hydrogen (secondary N) is 1. The van der Waals surface area contributed by atoms with E-state index < -0.39 is 0 Å². The third-order valence-electron chi connectivity index (χ3n) is 2.74. The summed E-state index contributed by atoms with van der Waals surface area (Å²) in [5, 5.41) is 3.21. The largest absolute Gasteiger partial charge is 0.369 e. The average Bonchev–Trinajstić information content (AvgIpc) is 2.42. The summed E-state index contributed by atoms with van der Waals surface area (Å²) >= 11 is 3.57. The zero-order valence-corrected chi connectivity index (χ0v) is 12.7. The topological polar surface area (TPSA) is 41.1 Å². The number of benzene rings is 1. The summed E-state index contributed by atoms with van der Waals surface area (Å²) in [6.45, 7) is 3.68. The molecule has 5 heteroatoms. The van der Waals surface area contributed by atoms with Crippen LogP contribution in [-0.2, 0) is 6.54 Å². The number of aromatic nitrogens is 2. The van der Waals surface area contributed by atoms with Crippen molar-refractivity contribution in [2.75, 3.05) is 23.8 Å². The van der Waals surface area contributed by atoms with Crippen molar-refractivity contribution in [3.8, 4) is 0 Å². The fourth-order valence-electron chi connectivity index (χ4n) is 1.85. The van der Waals surface area contributed by atoms with Crippen molar-refractivity contribution in [2.45, 2.75) is 13.5 Å². The molecule has 0 unspecified atom stereocenters. The van der Waals surface area contributed by atoms with E-state index in [-0.39, 0.29) is 0 Å². The van der Waals surface area contributed by atoms with Gasteiger partial charge in [-0.1, -0.05) is 30.3 Å². The molecular formula is C14H17BrN4. The molecule has 1 heterocycles. The van der Waals surface area contributed by atoms with Crippen LogP contribution in [-0.4, -0.2) is 23.6 Å². The van der Waals surface area contributed by atoms with E-state index in [9.17, 15) is 0 Å². The lowest BCUT2D eigenvalue weighted by molar-refractivity contribution is 0.885. The molecule has 0 amide bonds. The molecule has 0 aliphatic heterocycles. The third kappa shape index (κ3) is 3.44. The van der Waals surface area contributed by atoms with E-state index in [1.807, 2.05) is 32.2 Å². The molecule has 0 aliphatic carbocycles. The minimum absolute atomic E-state index is 0.808. The summed E-state index contributed by atoms with van der Waals surface area (Å²) in [5.41, 5.74) is 1.25. The first-order valence-electron chi connectivity index (χ1n) is 6.21. The molecule has 0 aliphatic rings. The minimum atomic E-state index is 0.808. The van der Waals surface area contributed by atoms with Crippen LogP contribution in [0.1, 0.15) is 12.5 Å². The van der Waals surface area contributed by atoms with E-state index in [1.165, 1.54) is 5.56 Å². The van der Waals surface area contributed by atoms with Crippen molar-refractivity contribution >= 4 is 27.6 Å². The second kappa shape index (κ2) is 6.52. The first-order valence-corrected chi connectivity index (χ1v) is 7.01. The van der Waals surface area contributed by atoms with E-state index in [0.29, 0.717) is 0 Å². The molecule has 4 nitrogen and oxygen atoms in total. The molecular weight excluding hydrogens is 304 g/mol. The normalized spacial score (nSPS) is 10.3. The van der Waals surface area contributed by atoms with Gasteiger partial charge in [-0.05, 0) is 28.4 Å². The van der Waals surface area contributed by atoms with Crippen LogP contribution in [0.3, 0.4) is 0 Å². The second-order valence-electron chi connectivity index (χ2n) is 4.23. The highest BCUT2D eigenvalue weighted by atomic mass is 79.9. The zero-order valence-electron chi connectivity index (χ0n) is 11.1. The maximum absolute atomic E-state index is 4.35. The van der Waals surface area contributed by atoms with Crippen molar-refractivity contribution < 1.29 is 0 Å². The lowest BCUT2D eigenvalue weighted by Crippen LogP contribution is -2.19. The van der Waals surface area contributed by atoms with E-state index in [0.717, 1.165) is 29.2 Å². The predicted octanol–water partition coefficient (Wildman–Crippen LogP) is 3.31. The average molecular weight is 321 g/mol. The van der Waals surface area contributed by atoms with Crippen LogP contribution < -0.4 is 10.2 Å². The quantitative estimate of drug-likeness (QED) is 0.917. The Morgan fingerprint density at radius 2 is 1.95 bits per heavy atom. The smallest absolute Gasteiger partial charge is 0.148 e. The molecule has 2 rings (SSSR count). The minimum Gasteiger partial charge on any atom is -0.369 e. The van der Waals surface area contributed by atoms with E-state index in [4.69, 9.17) is 0 Å². The van der Waals surface area contributed by atoms with Gasteiger partial charge in [0.25, 0.3) is 0 Å². The van der Waals surface area contributed by atoms with Gasteiger partial charge in [0.05, 0.1) is 0 Å². The van der Waals surface area contributed by atoms with Gasteiger partial charge < -0.3 is 10.2 Å². The maximum atomic E-state index is 4.35. The fraction of sp³-hybridized carbons (Fsp3) is 0.286. The maximum Gasteiger partial charge on any atom is 0.148 e. The number of hydrogen-bond donors (Lipinski definition) is 1. The summed E-state index contributed by atoms with van der Waals surface area (Å²) in [6.07, 6.45) is 1.58. The Morgan fingerprint density at radius 1 is 1.21 bits per heavy atom. The molecule has 0 fully saturated rings. The van der Waals surface area contributed by atoms with Crippen LogP contribution in [0.15, 0.2) is 41.1 Å². The number of halogens is 1. The molecule has 0 atom stereocenters. The predicted molar refractivity (Wildman–Crippen MR) is 82.4 cm³/mol. The van der Waals surface area contributed by atoms with Gasteiger partial charge >= 0.3 is 0 Å². The molecule has 0 spiro atoms. The van der Waals surface area contributed by atoms with Gasteiger partial charge in [-0.25, -0.2) is 9.97 Å². The SMILES string of the molecule is CCNc1ncnc(N(C)Cc2ccccc2)c1Br. The molecule has 1 N–H and O–H groups in total. The highest BCUT2D eigenvalue weighted by Crippen LogP contribution is 2.29. The Kier molecular flexibility index (Phi) is 4.74. The molecule has 1 aromatic carbocycles. The highest BCUT2D eigenvalue weighted by molar-refractivity contribution is 9.10. The fourth-order valence-corrected chi connectivity index (χ4v) is 2.50. The summed E-state index contributed by atoms with van der Waals surface area (Å²) in [5.74, 6) is 1.71. The van der Waals surface area contributed by atoms with Crippen molar-refractivity contribution in [3.63, 3.8) is 0 Å². The van der Waals surface area contributed by atoms with Gasteiger partial charge in [0.1, 0.15) is 22.4 Å². The third-order valence-corrected chi connectivity index (χ3v) is 3.47. The lowest BCUT2D eigenvalue weighted by Gasteiger charge is -2.20. The van der Waals surface area contributed by atoms with Crippen molar-refractivity contribution in [1.82, 2.24) is 9.97 Å². The van der Waals surface area contributed by atoms with Gasteiger partial charge in [0, 0.05) is 20.1 Å². The number of anilines is 2. The van der Waals surface area contributed by atoms with Gasteiger partial charge in [-0.15, -0.1) is 0 Å². The van der Waals surface area contributed by atoms with Gasteiger partial charge in [-0.2, -0.15) is 0 Å². The number of rotatable bonds is 5. The van der Waals surface area contributed by atoms with Crippen molar-refractivity contribution in [2.24, 2.45) is 0 Å². The Labute approximate surface area is 122 Å². The first-order chi connectivity index (χ1) is 9.22. The molecule has 19 heavy (non-hydrogen) atoms. The number of nitrogens with zero attached hydrogens (tertiary/aromatic N) is 3. The van der Waals surface area contributed by atoms with Crippen LogP contribution in [0.2, 0.25) is 0 Å². The molecule has 1 aromatic heterocycles. The van der Waals surface area contributed by atoms with E-state index in [2.05, 4.69) is 48.2 Å². The zero-order chi connectivity index (χ0) is 13.7. The first kappa shape index (κ1) is 13.8. The van der Waals surface area contributed by atoms with E-state index in [1.54, 1.807) is 6.33 Å². The summed E-state index contributed by atoms with van der Waals surface area (Å²) < 4.78 is 0.898. The van der Waals surface area contributed by atoms with Crippen LogP contribution in [0.5, 0.6) is 0 Å². The van der Waals surface area contributed by atoms with Gasteiger partial charge in [0.2, 0.25) is 0 Å². The Bertz CT molecular complexity index is 530. The van der Waals surface area contributed by atoms with Crippen LogP contribution in [0, 0.1) is 0 Å². The lowest BCUT2D eigenvalue weighted by atomic mass is 10.2. The summed E-state index contributed by atoms with van der Waals surface area (Å²) in [7, 11) is 2.02. The highest BCUT2D eigenvalue weighted by Gasteiger charge is 2.12. The standard InChI is InChI=1S/C14H17BrN4/c1-3-16-13-12(15)14(18-10-17-13)19(2)9-11-7-5-4-6-8-11/h4-8,10H,3,9H2,1-2H3,(H,16,17,18). The Hall–Kier alpha value is -1.62.